The molecule has 0 fully saturated rings. The number of pyridine rings is 1. The molecule has 0 saturated heterocycles. The minimum Gasteiger partial charge on any atom is -0.485 e. The summed E-state index contributed by atoms with van der Waals surface area (Å²) in [5.41, 5.74) is 1.00. The quantitative estimate of drug-likeness (QED) is 0.677. The van der Waals surface area contributed by atoms with E-state index in [4.69, 9.17) is 16.3 Å². The molecule has 0 saturated carbocycles. The van der Waals surface area contributed by atoms with Crippen LogP contribution >= 0.6 is 11.6 Å². The third kappa shape index (κ3) is 2.77. The number of ether oxygens (including phenoxy) is 1. The molecule has 0 bridgehead atoms. The number of aldehydes is 1. The normalized spacial score (nSPS) is 11.0. The molecule has 4 nitrogen and oxygen atoms in total. The third-order valence-corrected chi connectivity index (χ3v) is 3.63. The maximum atomic E-state index is 13.7. The number of carbonyl (C=O) groups is 1. The Morgan fingerprint density at radius 2 is 2.04 bits per heavy atom. The highest BCUT2D eigenvalue weighted by Gasteiger charge is 2.15. The van der Waals surface area contributed by atoms with E-state index < -0.39 is 11.6 Å². The number of fused-ring (bicyclic) bond motifs is 1. The van der Waals surface area contributed by atoms with Gasteiger partial charge in [-0.2, -0.15) is 0 Å². The zero-order chi connectivity index (χ0) is 16.6. The average Bonchev–Trinajstić information content (AvgIpc) is 2.82. The standard InChI is InChI=1S/C16H11ClF2N2O2/c1-9-14(7-22)21-6-10(17)5-15(16(21)20-9)23-8-11-12(18)3-2-4-13(11)19/h2-7H,8H2,1H3. The Hall–Kier alpha value is -2.47. The molecule has 2 heterocycles. The SMILES string of the molecule is Cc1nc2c(OCc3c(F)cccc3F)cc(Cl)cn2c1C=O. The number of hydrogen-bond acceptors (Lipinski definition) is 3. The van der Waals surface area contributed by atoms with Crippen LogP contribution in [0.5, 0.6) is 5.75 Å². The Bertz CT molecular complexity index is 888. The summed E-state index contributed by atoms with van der Waals surface area (Å²) >= 11 is 6.01. The van der Waals surface area contributed by atoms with Gasteiger partial charge in [-0.3, -0.25) is 9.20 Å². The Kier molecular flexibility index (Phi) is 4.00. The molecule has 0 atom stereocenters. The van der Waals surface area contributed by atoms with E-state index in [-0.39, 0.29) is 17.9 Å². The summed E-state index contributed by atoms with van der Waals surface area (Å²) < 4.78 is 34.3. The number of aromatic nitrogens is 2. The lowest BCUT2D eigenvalue weighted by Crippen LogP contribution is -2.03. The van der Waals surface area contributed by atoms with Crippen molar-refractivity contribution >= 4 is 23.5 Å². The first kappa shape index (κ1) is 15.4. The van der Waals surface area contributed by atoms with Crippen molar-refractivity contribution in [3.05, 3.63) is 64.1 Å². The lowest BCUT2D eigenvalue weighted by Gasteiger charge is -2.10. The number of benzene rings is 1. The molecule has 1 aromatic carbocycles. The largest absolute Gasteiger partial charge is 0.485 e. The summed E-state index contributed by atoms with van der Waals surface area (Å²) in [5, 5.41) is 0.307. The second-order valence-electron chi connectivity index (χ2n) is 4.91. The van der Waals surface area contributed by atoms with E-state index in [0.717, 1.165) is 12.1 Å². The molecule has 2 aromatic heterocycles. The summed E-state index contributed by atoms with van der Waals surface area (Å²) in [7, 11) is 0. The molecule has 0 aliphatic heterocycles. The van der Waals surface area contributed by atoms with Gasteiger partial charge in [-0.25, -0.2) is 13.8 Å². The van der Waals surface area contributed by atoms with Gasteiger partial charge in [0.05, 0.1) is 16.3 Å². The van der Waals surface area contributed by atoms with Gasteiger partial charge in [-0.05, 0) is 19.1 Å². The van der Waals surface area contributed by atoms with Crippen LogP contribution in [0.4, 0.5) is 8.78 Å². The van der Waals surface area contributed by atoms with E-state index >= 15 is 0 Å². The van der Waals surface area contributed by atoms with Crippen molar-refractivity contribution in [1.82, 2.24) is 9.38 Å². The van der Waals surface area contributed by atoms with Crippen LogP contribution in [0.2, 0.25) is 5.02 Å². The molecule has 0 N–H and O–H groups in total. The Labute approximate surface area is 135 Å². The first-order valence-electron chi connectivity index (χ1n) is 6.70. The van der Waals surface area contributed by atoms with Gasteiger partial charge in [0.2, 0.25) is 0 Å². The van der Waals surface area contributed by atoms with Gasteiger partial charge >= 0.3 is 0 Å². The fourth-order valence-electron chi connectivity index (χ4n) is 2.28. The summed E-state index contributed by atoms with van der Waals surface area (Å²) in [6, 6.07) is 5.07. The van der Waals surface area contributed by atoms with Crippen molar-refractivity contribution in [1.29, 1.82) is 0 Å². The molecule has 0 unspecified atom stereocenters. The van der Waals surface area contributed by atoms with E-state index in [1.807, 2.05) is 0 Å². The van der Waals surface area contributed by atoms with Crippen molar-refractivity contribution in [2.24, 2.45) is 0 Å². The van der Waals surface area contributed by atoms with Crippen LogP contribution in [0.15, 0.2) is 30.5 Å². The molecular formula is C16H11ClF2N2O2. The molecular weight excluding hydrogens is 326 g/mol. The van der Waals surface area contributed by atoms with Crippen molar-refractivity contribution < 1.29 is 18.3 Å². The Morgan fingerprint density at radius 3 is 2.70 bits per heavy atom. The first-order valence-corrected chi connectivity index (χ1v) is 7.08. The molecule has 23 heavy (non-hydrogen) atoms. The van der Waals surface area contributed by atoms with E-state index in [1.165, 1.54) is 22.7 Å². The predicted octanol–water partition coefficient (Wildman–Crippen LogP) is 3.97. The number of rotatable bonds is 4. The summed E-state index contributed by atoms with van der Waals surface area (Å²) in [5.74, 6) is -1.16. The highest BCUT2D eigenvalue weighted by Crippen LogP contribution is 2.27. The van der Waals surface area contributed by atoms with Crippen molar-refractivity contribution in [2.75, 3.05) is 0 Å². The van der Waals surface area contributed by atoms with Crippen molar-refractivity contribution in [3.63, 3.8) is 0 Å². The smallest absolute Gasteiger partial charge is 0.180 e. The average molecular weight is 337 g/mol. The van der Waals surface area contributed by atoms with Crippen LogP contribution in [0.3, 0.4) is 0 Å². The fourth-order valence-corrected chi connectivity index (χ4v) is 2.48. The number of hydrogen-bond donors (Lipinski definition) is 0. The maximum absolute atomic E-state index is 13.7. The molecule has 0 amide bonds. The maximum Gasteiger partial charge on any atom is 0.180 e. The molecule has 3 aromatic rings. The molecule has 118 valence electrons. The van der Waals surface area contributed by atoms with Crippen LogP contribution in [0.1, 0.15) is 21.7 Å². The number of halogens is 3. The molecule has 0 spiro atoms. The summed E-state index contributed by atoms with van der Waals surface area (Å²) in [6.45, 7) is 1.35. The lowest BCUT2D eigenvalue weighted by atomic mass is 10.2. The Morgan fingerprint density at radius 1 is 1.35 bits per heavy atom. The van der Waals surface area contributed by atoms with E-state index in [2.05, 4.69) is 4.98 Å². The fraction of sp³-hybridized carbons (Fsp3) is 0.125. The highest BCUT2D eigenvalue weighted by atomic mass is 35.5. The van der Waals surface area contributed by atoms with E-state index in [9.17, 15) is 13.6 Å². The van der Waals surface area contributed by atoms with Gasteiger partial charge in [0.25, 0.3) is 0 Å². The number of imidazole rings is 1. The van der Waals surface area contributed by atoms with Crippen LogP contribution in [-0.2, 0) is 6.61 Å². The van der Waals surface area contributed by atoms with Gasteiger partial charge in [-0.15, -0.1) is 0 Å². The van der Waals surface area contributed by atoms with Gasteiger partial charge < -0.3 is 4.74 Å². The second kappa shape index (κ2) is 5.96. The summed E-state index contributed by atoms with van der Waals surface area (Å²) in [6.07, 6.45) is 2.18. The van der Waals surface area contributed by atoms with Crippen LogP contribution < -0.4 is 4.74 Å². The van der Waals surface area contributed by atoms with Crippen molar-refractivity contribution in [3.8, 4) is 5.75 Å². The summed E-state index contributed by atoms with van der Waals surface area (Å²) in [4.78, 5) is 15.4. The third-order valence-electron chi connectivity index (χ3n) is 3.42. The molecule has 0 radical (unpaired) electrons. The number of carbonyl (C=O) groups excluding carboxylic acids is 1. The predicted molar refractivity (Wildman–Crippen MR) is 81.0 cm³/mol. The van der Waals surface area contributed by atoms with Gasteiger partial charge in [-0.1, -0.05) is 17.7 Å². The zero-order valence-electron chi connectivity index (χ0n) is 12.0. The van der Waals surface area contributed by atoms with Gasteiger partial charge in [0, 0.05) is 12.3 Å². The molecule has 7 heteroatoms. The topological polar surface area (TPSA) is 43.6 Å². The van der Waals surface area contributed by atoms with Crippen molar-refractivity contribution in [2.45, 2.75) is 13.5 Å². The minimum absolute atomic E-state index is 0.190. The van der Waals surface area contributed by atoms with Crippen LogP contribution in [-0.4, -0.2) is 15.7 Å². The number of nitrogens with zero attached hydrogens (tertiary/aromatic N) is 2. The second-order valence-corrected chi connectivity index (χ2v) is 5.34. The van der Waals surface area contributed by atoms with Crippen LogP contribution in [0.25, 0.3) is 5.65 Å². The first-order chi connectivity index (χ1) is 11.0. The molecule has 0 aliphatic rings. The highest BCUT2D eigenvalue weighted by molar-refractivity contribution is 6.30. The van der Waals surface area contributed by atoms with Crippen LogP contribution in [0, 0.1) is 18.6 Å². The lowest BCUT2D eigenvalue weighted by molar-refractivity contribution is 0.111. The minimum atomic E-state index is -0.698. The van der Waals surface area contributed by atoms with Gasteiger partial charge in [0.15, 0.2) is 17.7 Å². The number of aryl methyl sites for hydroxylation is 1. The zero-order valence-corrected chi connectivity index (χ0v) is 12.8. The Balaban J connectivity index is 2.02. The van der Waals surface area contributed by atoms with E-state index in [1.54, 1.807) is 6.92 Å². The molecule has 0 aliphatic carbocycles. The van der Waals surface area contributed by atoms with E-state index in [0.29, 0.717) is 28.3 Å². The van der Waals surface area contributed by atoms with Gasteiger partial charge in [0.1, 0.15) is 23.9 Å². The monoisotopic (exact) mass is 336 g/mol. The molecule has 3 rings (SSSR count).